The predicted octanol–water partition coefficient (Wildman–Crippen LogP) is 4.19. The lowest BCUT2D eigenvalue weighted by Crippen LogP contribution is -2.07. The summed E-state index contributed by atoms with van der Waals surface area (Å²) in [4.78, 5) is 22.6. The molecule has 4 nitrogen and oxygen atoms in total. The fourth-order valence-electron chi connectivity index (χ4n) is 2.14. The zero-order chi connectivity index (χ0) is 16.2. The minimum Gasteiger partial charge on any atom is -0.469 e. The Labute approximate surface area is 132 Å². The van der Waals surface area contributed by atoms with Crippen molar-refractivity contribution in [3.05, 3.63) is 29.8 Å². The molecule has 0 aliphatic heterocycles. The second-order valence-corrected chi connectivity index (χ2v) is 5.48. The van der Waals surface area contributed by atoms with Gasteiger partial charge in [-0.1, -0.05) is 43.4 Å². The van der Waals surface area contributed by atoms with E-state index in [1.54, 1.807) is 0 Å². The molecule has 0 atom stereocenters. The lowest BCUT2D eigenvalue weighted by atomic mass is 10.1. The van der Waals surface area contributed by atoms with Crippen LogP contribution in [0.25, 0.3) is 0 Å². The van der Waals surface area contributed by atoms with E-state index in [4.69, 9.17) is 4.74 Å². The van der Waals surface area contributed by atoms with Gasteiger partial charge in [0.1, 0.15) is 5.75 Å². The number of ether oxygens (including phenoxy) is 2. The van der Waals surface area contributed by atoms with E-state index in [-0.39, 0.29) is 11.9 Å². The van der Waals surface area contributed by atoms with Crippen LogP contribution in [0.5, 0.6) is 5.75 Å². The van der Waals surface area contributed by atoms with Crippen LogP contribution in [-0.2, 0) is 14.3 Å². The number of methoxy groups -OCH3 is 1. The van der Waals surface area contributed by atoms with Gasteiger partial charge in [-0.25, -0.2) is 0 Å². The van der Waals surface area contributed by atoms with E-state index < -0.39 is 0 Å². The van der Waals surface area contributed by atoms with Crippen LogP contribution in [0.4, 0.5) is 0 Å². The van der Waals surface area contributed by atoms with Gasteiger partial charge < -0.3 is 9.47 Å². The summed E-state index contributed by atoms with van der Waals surface area (Å²) in [5.41, 5.74) is 1.15. The molecule has 22 heavy (non-hydrogen) atoms. The molecule has 0 aliphatic carbocycles. The summed E-state index contributed by atoms with van der Waals surface area (Å²) in [6.45, 7) is 2.00. The van der Waals surface area contributed by atoms with E-state index in [1.807, 2.05) is 31.2 Å². The molecule has 0 heterocycles. The summed E-state index contributed by atoms with van der Waals surface area (Å²) >= 11 is 0. The molecular formula is C18H26O4. The molecule has 4 heteroatoms. The Hall–Kier alpha value is -1.84. The van der Waals surface area contributed by atoms with Crippen LogP contribution in [0.1, 0.15) is 56.9 Å². The minimum atomic E-state index is -0.172. The molecule has 0 aromatic heterocycles. The Morgan fingerprint density at radius 2 is 1.32 bits per heavy atom. The summed E-state index contributed by atoms with van der Waals surface area (Å²) in [5, 5.41) is 0. The highest BCUT2D eigenvalue weighted by atomic mass is 16.5. The van der Waals surface area contributed by atoms with Gasteiger partial charge in [-0.2, -0.15) is 0 Å². The van der Waals surface area contributed by atoms with E-state index >= 15 is 0 Å². The van der Waals surface area contributed by atoms with Crippen LogP contribution in [0, 0.1) is 6.92 Å². The number of hydrogen-bond acceptors (Lipinski definition) is 4. The molecule has 0 fully saturated rings. The fraction of sp³-hybridized carbons (Fsp3) is 0.556. The number of carbonyl (C=O) groups is 2. The van der Waals surface area contributed by atoms with E-state index in [0.717, 1.165) is 44.1 Å². The number of hydrogen-bond donors (Lipinski definition) is 0. The van der Waals surface area contributed by atoms with Crippen molar-refractivity contribution in [3.8, 4) is 5.75 Å². The molecule has 122 valence electrons. The Bertz CT molecular complexity index is 451. The third-order valence-electron chi connectivity index (χ3n) is 3.49. The number of esters is 2. The molecule has 0 aliphatic rings. The Balaban J connectivity index is 1.99. The first-order valence-corrected chi connectivity index (χ1v) is 7.96. The fourth-order valence-corrected chi connectivity index (χ4v) is 2.14. The standard InChI is InChI=1S/C18H26O4/c1-15-11-13-16(14-12-15)22-18(20)10-8-6-4-3-5-7-9-17(19)21-2/h11-14H,3-10H2,1-2H3. The Morgan fingerprint density at radius 3 is 1.86 bits per heavy atom. The lowest BCUT2D eigenvalue weighted by Gasteiger charge is -2.05. The van der Waals surface area contributed by atoms with Crippen LogP contribution in [0.2, 0.25) is 0 Å². The van der Waals surface area contributed by atoms with Crippen molar-refractivity contribution in [2.45, 2.75) is 58.3 Å². The highest BCUT2D eigenvalue weighted by Gasteiger charge is 2.04. The molecule has 0 radical (unpaired) electrons. The van der Waals surface area contributed by atoms with Crippen molar-refractivity contribution in [2.75, 3.05) is 7.11 Å². The zero-order valence-corrected chi connectivity index (χ0v) is 13.6. The third-order valence-corrected chi connectivity index (χ3v) is 3.49. The van der Waals surface area contributed by atoms with E-state index in [9.17, 15) is 9.59 Å². The maximum Gasteiger partial charge on any atom is 0.311 e. The van der Waals surface area contributed by atoms with Crippen LogP contribution in [-0.4, -0.2) is 19.0 Å². The van der Waals surface area contributed by atoms with Gasteiger partial charge in [0, 0.05) is 12.8 Å². The normalized spacial score (nSPS) is 10.3. The van der Waals surface area contributed by atoms with Crippen molar-refractivity contribution < 1.29 is 19.1 Å². The molecule has 0 spiro atoms. The van der Waals surface area contributed by atoms with Crippen LogP contribution >= 0.6 is 0 Å². The van der Waals surface area contributed by atoms with Crippen molar-refractivity contribution in [1.29, 1.82) is 0 Å². The van der Waals surface area contributed by atoms with Gasteiger partial charge in [0.2, 0.25) is 0 Å². The summed E-state index contributed by atoms with van der Waals surface area (Å²) < 4.78 is 9.85. The van der Waals surface area contributed by atoms with Crippen molar-refractivity contribution in [3.63, 3.8) is 0 Å². The third kappa shape index (κ3) is 8.45. The molecule has 1 rings (SSSR count). The van der Waals surface area contributed by atoms with E-state index in [0.29, 0.717) is 18.6 Å². The van der Waals surface area contributed by atoms with Gasteiger partial charge in [-0.05, 0) is 31.9 Å². The Morgan fingerprint density at radius 1 is 0.818 bits per heavy atom. The maximum absolute atomic E-state index is 11.7. The average Bonchev–Trinajstić information content (AvgIpc) is 2.51. The first-order chi connectivity index (χ1) is 10.6. The Kier molecular flexibility index (Phi) is 8.96. The molecule has 0 amide bonds. The number of aryl methyl sites for hydroxylation is 1. The van der Waals surface area contributed by atoms with Gasteiger partial charge in [0.25, 0.3) is 0 Å². The number of rotatable bonds is 10. The van der Waals surface area contributed by atoms with Crippen molar-refractivity contribution in [2.24, 2.45) is 0 Å². The highest BCUT2D eigenvalue weighted by molar-refractivity contribution is 5.72. The SMILES string of the molecule is COC(=O)CCCCCCCCC(=O)Oc1ccc(C)cc1. The van der Waals surface area contributed by atoms with Crippen LogP contribution in [0.3, 0.4) is 0 Å². The smallest absolute Gasteiger partial charge is 0.311 e. The quantitative estimate of drug-likeness (QED) is 0.369. The molecule has 0 saturated heterocycles. The second-order valence-electron chi connectivity index (χ2n) is 5.48. The molecular weight excluding hydrogens is 280 g/mol. The molecule has 1 aromatic rings. The summed E-state index contributed by atoms with van der Waals surface area (Å²) in [6.07, 6.45) is 6.90. The van der Waals surface area contributed by atoms with Gasteiger partial charge >= 0.3 is 11.9 Å². The van der Waals surface area contributed by atoms with Gasteiger partial charge in [-0.15, -0.1) is 0 Å². The van der Waals surface area contributed by atoms with Crippen molar-refractivity contribution in [1.82, 2.24) is 0 Å². The largest absolute Gasteiger partial charge is 0.469 e. The van der Waals surface area contributed by atoms with Gasteiger partial charge in [0.15, 0.2) is 0 Å². The monoisotopic (exact) mass is 306 g/mol. The van der Waals surface area contributed by atoms with E-state index in [1.165, 1.54) is 7.11 Å². The molecule has 0 saturated carbocycles. The number of benzene rings is 1. The van der Waals surface area contributed by atoms with Crippen LogP contribution < -0.4 is 4.74 Å². The summed E-state index contributed by atoms with van der Waals surface area (Å²) in [7, 11) is 1.41. The second kappa shape index (κ2) is 10.8. The lowest BCUT2D eigenvalue weighted by molar-refractivity contribution is -0.140. The summed E-state index contributed by atoms with van der Waals surface area (Å²) in [5.74, 6) is 0.298. The maximum atomic E-state index is 11.7. The molecule has 0 bridgehead atoms. The molecule has 1 aromatic carbocycles. The van der Waals surface area contributed by atoms with Gasteiger partial charge in [0.05, 0.1) is 7.11 Å². The molecule has 0 N–H and O–H groups in total. The first-order valence-electron chi connectivity index (χ1n) is 7.96. The van der Waals surface area contributed by atoms with Crippen LogP contribution in [0.15, 0.2) is 24.3 Å². The average molecular weight is 306 g/mol. The number of carbonyl (C=O) groups excluding carboxylic acids is 2. The molecule has 0 unspecified atom stereocenters. The summed E-state index contributed by atoms with van der Waals surface area (Å²) in [6, 6.07) is 7.48. The highest BCUT2D eigenvalue weighted by Crippen LogP contribution is 2.14. The van der Waals surface area contributed by atoms with E-state index in [2.05, 4.69) is 4.74 Å². The first kappa shape index (κ1) is 18.2. The zero-order valence-electron chi connectivity index (χ0n) is 13.6. The van der Waals surface area contributed by atoms with Crippen molar-refractivity contribution >= 4 is 11.9 Å². The van der Waals surface area contributed by atoms with Gasteiger partial charge in [-0.3, -0.25) is 9.59 Å². The topological polar surface area (TPSA) is 52.6 Å². The number of unbranched alkanes of at least 4 members (excludes halogenated alkanes) is 5. The predicted molar refractivity (Wildman–Crippen MR) is 85.8 cm³/mol. The minimum absolute atomic E-state index is 0.140.